The van der Waals surface area contributed by atoms with Gasteiger partial charge in [0.15, 0.2) is 5.69 Å². The first-order valence-corrected chi connectivity index (χ1v) is 14.1. The molecule has 3 amide bonds. The second-order valence-corrected chi connectivity index (χ2v) is 11.3. The fourth-order valence-corrected chi connectivity index (χ4v) is 6.21. The molecule has 0 aliphatic carbocycles. The van der Waals surface area contributed by atoms with Crippen molar-refractivity contribution < 1.29 is 31.9 Å². The number of rotatable bonds is 7. The molecule has 3 N–H and O–H groups in total. The van der Waals surface area contributed by atoms with Gasteiger partial charge in [0.05, 0.1) is 28.2 Å². The number of primary amides is 1. The lowest BCUT2D eigenvalue weighted by atomic mass is 9.53. The average molecular weight is 633 g/mol. The number of likely N-dealkylation sites (N-methyl/N-ethyl adjacent to an activating group) is 1. The topological polar surface area (TPSA) is 134 Å². The number of benzene rings is 3. The molecule has 0 saturated carbocycles. The fourth-order valence-electron chi connectivity index (χ4n) is 6.21. The number of carbonyl (C=O) groups is 3. The molecular weight excluding hydrogens is 604 g/mol. The first-order valence-electron chi connectivity index (χ1n) is 14.1. The molecule has 9 nitrogen and oxygen atoms in total. The molecule has 5 rings (SSSR count). The first kappa shape index (κ1) is 31.9. The molecule has 2 atom stereocenters. The van der Waals surface area contributed by atoms with E-state index < -0.39 is 57.7 Å². The quantitative estimate of drug-likeness (QED) is 0.273. The van der Waals surface area contributed by atoms with Crippen LogP contribution in [0, 0.1) is 22.6 Å². The smallest absolute Gasteiger partial charge is 0.364 e. The zero-order valence-electron chi connectivity index (χ0n) is 24.9. The summed E-state index contributed by atoms with van der Waals surface area (Å²) in [5.41, 5.74) is 1.01. The number of nitrogens with two attached hydrogens (primary N) is 1. The monoisotopic (exact) mass is 632 g/mol. The predicted octanol–water partition coefficient (Wildman–Crippen LogP) is 5.13. The van der Waals surface area contributed by atoms with Crippen molar-refractivity contribution in [1.29, 1.82) is 5.26 Å². The number of alkyl halides is 3. The highest BCUT2D eigenvalue weighted by Gasteiger charge is 2.64. The largest absolute Gasteiger partial charge is 0.416 e. The van der Waals surface area contributed by atoms with Crippen LogP contribution in [0.4, 0.5) is 23.4 Å². The van der Waals surface area contributed by atoms with Gasteiger partial charge in [-0.05, 0) is 68.8 Å². The third-order valence-corrected chi connectivity index (χ3v) is 8.30. The molecule has 0 spiro atoms. The van der Waals surface area contributed by atoms with Crippen LogP contribution in [0.15, 0.2) is 78.9 Å². The second-order valence-electron chi connectivity index (χ2n) is 11.3. The Kier molecular flexibility index (Phi) is 7.94. The number of aromatic nitrogens is 2. The van der Waals surface area contributed by atoms with Crippen molar-refractivity contribution in [3.05, 3.63) is 113 Å². The number of fused-ring (bicyclic) bond motifs is 1. The van der Waals surface area contributed by atoms with Gasteiger partial charge in [-0.25, -0.2) is 9.07 Å². The maximum absolute atomic E-state index is 14.7. The number of hydrogen-bond donors (Lipinski definition) is 2. The Morgan fingerprint density at radius 1 is 1.04 bits per heavy atom. The van der Waals surface area contributed by atoms with Crippen LogP contribution in [-0.2, 0) is 16.4 Å². The Morgan fingerprint density at radius 3 is 2.26 bits per heavy atom. The number of para-hydroxylation sites is 1. The zero-order chi connectivity index (χ0) is 33.6. The summed E-state index contributed by atoms with van der Waals surface area (Å²) >= 11 is 0. The normalized spacial score (nSPS) is 18.1. The van der Waals surface area contributed by atoms with E-state index in [1.54, 1.807) is 37.3 Å². The van der Waals surface area contributed by atoms with E-state index in [9.17, 15) is 37.2 Å². The van der Waals surface area contributed by atoms with E-state index in [0.29, 0.717) is 11.8 Å². The van der Waals surface area contributed by atoms with Crippen molar-refractivity contribution in [1.82, 2.24) is 15.1 Å². The van der Waals surface area contributed by atoms with Crippen LogP contribution in [0.1, 0.15) is 58.3 Å². The standard InChI is InChI=1S/C33H28F4N6O3/c1-4-42-29-24(25(27(39)44)41-43(29)23-11-6-5-7-12-23)32(31(2,3)18-38,20-13-15-22(34)16-14-20)26(30(42)46)40-28(45)19-9-8-10-21(17-19)33(35,36)37/h5-17,26H,4H2,1-3H3,(H2,39,44)(H,40,45). The van der Waals surface area contributed by atoms with Crippen molar-refractivity contribution in [3.8, 4) is 11.8 Å². The predicted molar refractivity (Wildman–Crippen MR) is 159 cm³/mol. The van der Waals surface area contributed by atoms with Crippen molar-refractivity contribution in [2.75, 3.05) is 11.4 Å². The highest BCUT2D eigenvalue weighted by atomic mass is 19.4. The Bertz CT molecular complexity index is 1880. The Morgan fingerprint density at radius 2 is 1.70 bits per heavy atom. The lowest BCUT2D eigenvalue weighted by molar-refractivity contribution is -0.137. The Hall–Kier alpha value is -5.51. The maximum atomic E-state index is 14.7. The second kappa shape index (κ2) is 11.4. The minimum atomic E-state index is -4.76. The molecule has 1 aliphatic heterocycles. The van der Waals surface area contributed by atoms with Crippen LogP contribution >= 0.6 is 0 Å². The number of halogens is 4. The average Bonchev–Trinajstić information content (AvgIpc) is 3.43. The van der Waals surface area contributed by atoms with Gasteiger partial charge in [0, 0.05) is 17.7 Å². The minimum Gasteiger partial charge on any atom is -0.364 e. The molecule has 236 valence electrons. The highest BCUT2D eigenvalue weighted by Crippen LogP contribution is 2.56. The van der Waals surface area contributed by atoms with E-state index in [1.807, 2.05) is 0 Å². The minimum absolute atomic E-state index is 0.00896. The summed E-state index contributed by atoms with van der Waals surface area (Å²) in [7, 11) is 0. The Labute approximate surface area is 261 Å². The third-order valence-electron chi connectivity index (χ3n) is 8.30. The number of nitrogens with zero attached hydrogens (tertiary/aromatic N) is 4. The van der Waals surface area contributed by atoms with Crippen molar-refractivity contribution in [2.24, 2.45) is 11.1 Å². The summed E-state index contributed by atoms with van der Waals surface area (Å²) in [6.07, 6.45) is -4.76. The molecular formula is C33H28F4N6O3. The molecule has 0 bridgehead atoms. The van der Waals surface area contributed by atoms with Gasteiger partial charge < -0.3 is 11.1 Å². The highest BCUT2D eigenvalue weighted by molar-refractivity contribution is 6.08. The maximum Gasteiger partial charge on any atom is 0.416 e. The summed E-state index contributed by atoms with van der Waals surface area (Å²) in [4.78, 5) is 42.9. The van der Waals surface area contributed by atoms with Crippen LogP contribution in [-0.4, -0.2) is 40.1 Å². The van der Waals surface area contributed by atoms with Crippen LogP contribution in [0.25, 0.3) is 5.69 Å². The molecule has 3 aromatic carbocycles. The van der Waals surface area contributed by atoms with Crippen molar-refractivity contribution >= 4 is 23.5 Å². The fraction of sp³-hybridized carbons (Fsp3) is 0.242. The van der Waals surface area contributed by atoms with E-state index in [2.05, 4.69) is 16.5 Å². The lowest BCUT2D eigenvalue weighted by Crippen LogP contribution is -2.68. The van der Waals surface area contributed by atoms with E-state index >= 15 is 0 Å². The van der Waals surface area contributed by atoms with Crippen molar-refractivity contribution in [2.45, 2.75) is 38.4 Å². The molecule has 0 saturated heterocycles. The zero-order valence-corrected chi connectivity index (χ0v) is 24.9. The van der Waals surface area contributed by atoms with Gasteiger partial charge in [-0.3, -0.25) is 19.3 Å². The van der Waals surface area contributed by atoms with Gasteiger partial charge >= 0.3 is 6.18 Å². The number of nitriles is 1. The van der Waals surface area contributed by atoms with Crippen LogP contribution in [0.5, 0.6) is 0 Å². The lowest BCUT2D eigenvalue weighted by Gasteiger charge is -2.52. The van der Waals surface area contributed by atoms with E-state index in [1.165, 1.54) is 35.6 Å². The molecule has 1 aromatic heterocycles. The summed E-state index contributed by atoms with van der Waals surface area (Å²) in [6, 6.07) is 17.5. The molecule has 2 unspecified atom stereocenters. The van der Waals surface area contributed by atoms with Crippen molar-refractivity contribution in [3.63, 3.8) is 0 Å². The summed E-state index contributed by atoms with van der Waals surface area (Å²) in [5, 5.41) is 17.8. The van der Waals surface area contributed by atoms with Crippen LogP contribution < -0.4 is 16.0 Å². The van der Waals surface area contributed by atoms with Gasteiger partial charge in [0.2, 0.25) is 0 Å². The summed E-state index contributed by atoms with van der Waals surface area (Å²) in [6.45, 7) is 4.58. The van der Waals surface area contributed by atoms with Crippen LogP contribution in [0.2, 0.25) is 0 Å². The van der Waals surface area contributed by atoms with E-state index in [-0.39, 0.29) is 29.2 Å². The number of carbonyl (C=O) groups excluding carboxylic acids is 3. The molecule has 0 radical (unpaired) electrons. The molecule has 1 aliphatic rings. The van der Waals surface area contributed by atoms with E-state index in [0.717, 1.165) is 30.3 Å². The third kappa shape index (κ3) is 4.95. The van der Waals surface area contributed by atoms with Crippen LogP contribution in [0.3, 0.4) is 0 Å². The van der Waals surface area contributed by atoms with Gasteiger partial charge in [-0.2, -0.15) is 23.5 Å². The van der Waals surface area contributed by atoms with E-state index in [4.69, 9.17) is 5.73 Å². The Balaban J connectivity index is 1.90. The molecule has 46 heavy (non-hydrogen) atoms. The summed E-state index contributed by atoms with van der Waals surface area (Å²) in [5.74, 6) is -3.38. The number of amides is 3. The number of hydrogen-bond acceptors (Lipinski definition) is 5. The molecule has 0 fully saturated rings. The number of anilines is 1. The molecule has 13 heteroatoms. The number of nitrogens with one attached hydrogen (secondary N) is 1. The van der Waals surface area contributed by atoms with Gasteiger partial charge in [0.25, 0.3) is 17.7 Å². The molecule has 4 aromatic rings. The van der Waals surface area contributed by atoms with Gasteiger partial charge in [-0.15, -0.1) is 0 Å². The van der Waals surface area contributed by atoms with Gasteiger partial charge in [0.1, 0.15) is 17.7 Å². The first-order chi connectivity index (χ1) is 21.7. The van der Waals surface area contributed by atoms with Gasteiger partial charge in [-0.1, -0.05) is 36.4 Å². The molecule has 2 heterocycles. The SMILES string of the molecule is CCN1C(=O)C(NC(=O)c2cccc(C(F)(F)F)c2)C(c2ccc(F)cc2)(C(C)(C)C#N)c2c(C(N)=O)nn(-c3ccccc3)c21. The summed E-state index contributed by atoms with van der Waals surface area (Å²) < 4.78 is 56.3.